The number of rotatable bonds is 4. The number of aromatic nitrogens is 2. The summed E-state index contributed by atoms with van der Waals surface area (Å²) in [4.78, 5) is 8.42. The third-order valence-electron chi connectivity index (χ3n) is 3.07. The summed E-state index contributed by atoms with van der Waals surface area (Å²) in [6.45, 7) is 0.590. The maximum absolute atomic E-state index is 5.77. The number of fused-ring (bicyclic) bond motifs is 1. The first-order chi connectivity index (χ1) is 9.86. The summed E-state index contributed by atoms with van der Waals surface area (Å²) >= 11 is 0. The van der Waals surface area contributed by atoms with Crippen molar-refractivity contribution in [3.8, 4) is 11.8 Å². The second-order valence-corrected chi connectivity index (χ2v) is 4.49. The average Bonchev–Trinajstić information content (AvgIpc) is 2.50. The van der Waals surface area contributed by atoms with Gasteiger partial charge in [0.25, 0.3) is 0 Å². The molecule has 0 unspecified atom stereocenters. The standard InChI is InChI=1S/C16H15N3O/c17-9-8-12-10-18-16(19-11-12)20-15-7-3-5-13-4-1-2-6-14(13)15/h1-7,10-11H,8-9,17H2. The van der Waals surface area contributed by atoms with E-state index in [1.807, 2.05) is 42.5 Å². The van der Waals surface area contributed by atoms with Gasteiger partial charge in [-0.15, -0.1) is 0 Å². The molecule has 0 saturated carbocycles. The summed E-state index contributed by atoms with van der Waals surface area (Å²) in [6.07, 6.45) is 4.27. The summed E-state index contributed by atoms with van der Waals surface area (Å²) in [5.41, 5.74) is 6.51. The van der Waals surface area contributed by atoms with Gasteiger partial charge >= 0.3 is 6.01 Å². The largest absolute Gasteiger partial charge is 0.424 e. The smallest absolute Gasteiger partial charge is 0.321 e. The SMILES string of the molecule is NCCc1cnc(Oc2cccc3ccccc23)nc1. The molecular weight excluding hydrogens is 250 g/mol. The highest BCUT2D eigenvalue weighted by atomic mass is 16.5. The predicted octanol–water partition coefficient (Wildman–Crippen LogP) is 2.92. The minimum atomic E-state index is 0.349. The van der Waals surface area contributed by atoms with Gasteiger partial charge in [0.05, 0.1) is 0 Å². The lowest BCUT2D eigenvalue weighted by Gasteiger charge is -2.07. The van der Waals surface area contributed by atoms with Gasteiger partial charge < -0.3 is 10.5 Å². The Labute approximate surface area is 117 Å². The number of nitrogens with two attached hydrogens (primary N) is 1. The van der Waals surface area contributed by atoms with E-state index in [2.05, 4.69) is 9.97 Å². The van der Waals surface area contributed by atoms with Crippen molar-refractivity contribution in [3.05, 3.63) is 60.4 Å². The quantitative estimate of drug-likeness (QED) is 0.788. The van der Waals surface area contributed by atoms with Gasteiger partial charge in [-0.2, -0.15) is 0 Å². The molecule has 20 heavy (non-hydrogen) atoms. The minimum absolute atomic E-state index is 0.349. The number of hydrogen-bond acceptors (Lipinski definition) is 4. The lowest BCUT2D eigenvalue weighted by Crippen LogP contribution is -2.03. The highest BCUT2D eigenvalue weighted by Gasteiger charge is 2.04. The first-order valence-corrected chi connectivity index (χ1v) is 6.53. The predicted molar refractivity (Wildman–Crippen MR) is 78.8 cm³/mol. The molecule has 0 aliphatic rings. The second kappa shape index (κ2) is 5.67. The molecule has 0 saturated heterocycles. The van der Waals surface area contributed by atoms with Crippen molar-refractivity contribution in [1.29, 1.82) is 0 Å². The lowest BCUT2D eigenvalue weighted by atomic mass is 10.1. The first-order valence-electron chi connectivity index (χ1n) is 6.53. The van der Waals surface area contributed by atoms with Crippen molar-refractivity contribution >= 4 is 10.8 Å². The molecule has 0 atom stereocenters. The van der Waals surface area contributed by atoms with Crippen molar-refractivity contribution in [1.82, 2.24) is 9.97 Å². The van der Waals surface area contributed by atoms with Gasteiger partial charge in [-0.1, -0.05) is 36.4 Å². The molecule has 2 N–H and O–H groups in total. The molecule has 0 spiro atoms. The molecular formula is C16H15N3O. The van der Waals surface area contributed by atoms with Crippen molar-refractivity contribution in [3.63, 3.8) is 0 Å². The molecule has 1 aromatic heterocycles. The zero-order valence-electron chi connectivity index (χ0n) is 11.0. The maximum atomic E-state index is 5.77. The van der Waals surface area contributed by atoms with Crippen LogP contribution in [0.15, 0.2) is 54.9 Å². The van der Waals surface area contributed by atoms with Gasteiger partial charge in [0.2, 0.25) is 0 Å². The number of hydrogen-bond donors (Lipinski definition) is 1. The van der Waals surface area contributed by atoms with E-state index in [1.54, 1.807) is 12.4 Å². The molecule has 0 aliphatic heterocycles. The van der Waals surface area contributed by atoms with Crippen LogP contribution in [0.1, 0.15) is 5.56 Å². The zero-order chi connectivity index (χ0) is 13.8. The van der Waals surface area contributed by atoms with Crippen LogP contribution in [-0.2, 0) is 6.42 Å². The molecule has 0 bridgehead atoms. The monoisotopic (exact) mass is 265 g/mol. The van der Waals surface area contributed by atoms with Gasteiger partial charge in [0.15, 0.2) is 0 Å². The van der Waals surface area contributed by atoms with Crippen molar-refractivity contribution in [2.45, 2.75) is 6.42 Å². The average molecular weight is 265 g/mol. The second-order valence-electron chi connectivity index (χ2n) is 4.49. The summed E-state index contributed by atoms with van der Waals surface area (Å²) in [5.74, 6) is 0.759. The van der Waals surface area contributed by atoms with E-state index in [0.717, 1.165) is 28.5 Å². The van der Waals surface area contributed by atoms with E-state index in [1.165, 1.54) is 0 Å². The fraction of sp³-hybridized carbons (Fsp3) is 0.125. The van der Waals surface area contributed by atoms with E-state index >= 15 is 0 Å². The molecule has 3 aromatic rings. The summed E-state index contributed by atoms with van der Waals surface area (Å²) in [5, 5.41) is 2.18. The Hall–Kier alpha value is -2.46. The number of nitrogens with zero attached hydrogens (tertiary/aromatic N) is 2. The molecule has 0 aliphatic carbocycles. The van der Waals surface area contributed by atoms with Gasteiger partial charge in [0, 0.05) is 17.8 Å². The van der Waals surface area contributed by atoms with Crippen molar-refractivity contribution in [2.24, 2.45) is 5.73 Å². The molecule has 3 rings (SSSR count). The topological polar surface area (TPSA) is 61.0 Å². The summed E-state index contributed by atoms with van der Waals surface area (Å²) in [7, 11) is 0. The molecule has 2 aromatic carbocycles. The van der Waals surface area contributed by atoms with Crippen molar-refractivity contribution in [2.75, 3.05) is 6.54 Å². The van der Waals surface area contributed by atoms with Crippen LogP contribution < -0.4 is 10.5 Å². The Bertz CT molecular complexity index is 705. The molecule has 1 heterocycles. The van der Waals surface area contributed by atoms with Gasteiger partial charge in [-0.05, 0) is 30.0 Å². The Kier molecular flexibility index (Phi) is 3.56. The molecule has 0 fully saturated rings. The van der Waals surface area contributed by atoms with Crippen LogP contribution in [-0.4, -0.2) is 16.5 Å². The van der Waals surface area contributed by atoms with Gasteiger partial charge in [-0.25, -0.2) is 9.97 Å². The molecule has 4 heteroatoms. The van der Waals surface area contributed by atoms with Crippen LogP contribution in [0.4, 0.5) is 0 Å². The van der Waals surface area contributed by atoms with E-state index in [0.29, 0.717) is 12.6 Å². The highest BCUT2D eigenvalue weighted by molar-refractivity contribution is 5.88. The maximum Gasteiger partial charge on any atom is 0.321 e. The lowest BCUT2D eigenvalue weighted by molar-refractivity contribution is 0.446. The summed E-state index contributed by atoms with van der Waals surface area (Å²) < 4.78 is 5.77. The molecule has 0 amide bonds. The van der Waals surface area contributed by atoms with Gasteiger partial charge in [0.1, 0.15) is 5.75 Å². The first kappa shape index (κ1) is 12.6. The molecule has 0 radical (unpaired) electrons. The van der Waals surface area contributed by atoms with E-state index in [-0.39, 0.29) is 0 Å². The fourth-order valence-electron chi connectivity index (χ4n) is 2.07. The Morgan fingerprint density at radius 2 is 1.70 bits per heavy atom. The Morgan fingerprint density at radius 1 is 0.950 bits per heavy atom. The van der Waals surface area contributed by atoms with Crippen LogP contribution in [0.5, 0.6) is 11.8 Å². The Morgan fingerprint density at radius 3 is 2.50 bits per heavy atom. The van der Waals surface area contributed by atoms with E-state index in [4.69, 9.17) is 10.5 Å². The van der Waals surface area contributed by atoms with E-state index < -0.39 is 0 Å². The highest BCUT2D eigenvalue weighted by Crippen LogP contribution is 2.27. The number of benzene rings is 2. The zero-order valence-corrected chi connectivity index (χ0v) is 11.0. The van der Waals surface area contributed by atoms with Gasteiger partial charge in [-0.3, -0.25) is 0 Å². The van der Waals surface area contributed by atoms with Crippen LogP contribution in [0.2, 0.25) is 0 Å². The third kappa shape index (κ3) is 2.60. The van der Waals surface area contributed by atoms with Crippen LogP contribution in [0.25, 0.3) is 10.8 Å². The normalized spacial score (nSPS) is 10.7. The minimum Gasteiger partial charge on any atom is -0.424 e. The van der Waals surface area contributed by atoms with Crippen LogP contribution in [0, 0.1) is 0 Å². The third-order valence-corrected chi connectivity index (χ3v) is 3.07. The molecule has 100 valence electrons. The van der Waals surface area contributed by atoms with E-state index in [9.17, 15) is 0 Å². The molecule has 4 nitrogen and oxygen atoms in total. The van der Waals surface area contributed by atoms with Crippen LogP contribution in [0.3, 0.4) is 0 Å². The van der Waals surface area contributed by atoms with Crippen molar-refractivity contribution < 1.29 is 4.74 Å². The number of ether oxygens (including phenoxy) is 1. The fourth-order valence-corrected chi connectivity index (χ4v) is 2.07. The summed E-state index contributed by atoms with van der Waals surface area (Å²) in [6, 6.07) is 14.3. The Balaban J connectivity index is 1.89. The van der Waals surface area contributed by atoms with Crippen LogP contribution >= 0.6 is 0 Å².